The molecule has 0 unspecified atom stereocenters. The number of nitrogens with zero attached hydrogens (tertiary/aromatic N) is 2. The summed E-state index contributed by atoms with van der Waals surface area (Å²) in [7, 11) is 0. The van der Waals surface area contributed by atoms with Gasteiger partial charge in [0.05, 0.1) is 12.7 Å². The maximum atomic E-state index is 5.87. The van der Waals surface area contributed by atoms with Crippen LogP contribution in [0.3, 0.4) is 0 Å². The van der Waals surface area contributed by atoms with Crippen LogP contribution in [-0.2, 0) is 10.2 Å². The molecule has 1 aliphatic rings. The Balaban J connectivity index is 1.66. The Labute approximate surface area is 120 Å². The number of anilines is 1. The number of hydrogen-bond acceptors (Lipinski definition) is 5. The lowest BCUT2D eigenvalue weighted by molar-refractivity contribution is 0.0347. The van der Waals surface area contributed by atoms with Crippen LogP contribution in [0.15, 0.2) is 0 Å². The second-order valence-electron chi connectivity index (χ2n) is 6.23. The van der Waals surface area contributed by atoms with Gasteiger partial charge in [0.25, 0.3) is 0 Å². The van der Waals surface area contributed by atoms with Crippen LogP contribution < -0.4 is 5.32 Å². The van der Waals surface area contributed by atoms with Crippen molar-refractivity contribution in [3.63, 3.8) is 0 Å². The molecule has 0 bridgehead atoms. The molecule has 0 atom stereocenters. The van der Waals surface area contributed by atoms with E-state index < -0.39 is 0 Å². The van der Waals surface area contributed by atoms with Crippen LogP contribution in [0.25, 0.3) is 0 Å². The normalized spacial score (nSPS) is 17.6. The largest absolute Gasteiger partial charge is 0.376 e. The first-order valence-electron chi connectivity index (χ1n) is 7.25. The van der Waals surface area contributed by atoms with Crippen molar-refractivity contribution >= 4 is 16.7 Å². The Morgan fingerprint density at radius 3 is 2.63 bits per heavy atom. The van der Waals surface area contributed by atoms with Crippen LogP contribution in [0.4, 0.5) is 5.13 Å². The molecule has 0 amide bonds. The minimum absolute atomic E-state index is 0.0228. The lowest BCUT2D eigenvalue weighted by Crippen LogP contribution is -2.20. The van der Waals surface area contributed by atoms with Crippen LogP contribution in [0.2, 0.25) is 0 Å². The lowest BCUT2D eigenvalue weighted by atomic mass is 9.96. The topological polar surface area (TPSA) is 47.0 Å². The number of rotatable bonds is 5. The SMILES string of the molecule is CC(C)(C)c1nsc(NCCOC2CCCCC2)n1. The average Bonchev–Trinajstić information content (AvgIpc) is 2.85. The van der Waals surface area contributed by atoms with E-state index >= 15 is 0 Å². The zero-order valence-electron chi connectivity index (χ0n) is 12.2. The highest BCUT2D eigenvalue weighted by Crippen LogP contribution is 2.23. The van der Waals surface area contributed by atoms with Crippen molar-refractivity contribution in [2.75, 3.05) is 18.5 Å². The third-order valence-corrected chi connectivity index (χ3v) is 4.05. The average molecular weight is 283 g/mol. The number of ether oxygens (including phenoxy) is 1. The van der Waals surface area contributed by atoms with Crippen LogP contribution in [0.5, 0.6) is 0 Å². The second kappa shape index (κ2) is 6.66. The summed E-state index contributed by atoms with van der Waals surface area (Å²) >= 11 is 1.43. The molecule has 1 fully saturated rings. The number of aromatic nitrogens is 2. The first-order valence-corrected chi connectivity index (χ1v) is 8.03. The monoisotopic (exact) mass is 283 g/mol. The molecule has 1 heterocycles. The minimum Gasteiger partial charge on any atom is -0.376 e. The molecule has 0 saturated heterocycles. The molecule has 5 heteroatoms. The molecule has 1 aromatic rings. The van der Waals surface area contributed by atoms with Gasteiger partial charge in [-0.2, -0.15) is 4.37 Å². The quantitative estimate of drug-likeness (QED) is 0.839. The highest BCUT2D eigenvalue weighted by molar-refractivity contribution is 7.09. The zero-order valence-corrected chi connectivity index (χ0v) is 13.1. The minimum atomic E-state index is 0.0228. The van der Waals surface area contributed by atoms with E-state index in [0.29, 0.717) is 6.10 Å². The number of hydrogen-bond donors (Lipinski definition) is 1. The Bertz CT molecular complexity index is 380. The first kappa shape index (κ1) is 14.7. The summed E-state index contributed by atoms with van der Waals surface area (Å²) in [5, 5.41) is 4.20. The molecule has 19 heavy (non-hydrogen) atoms. The molecular formula is C14H25N3OS. The predicted octanol–water partition coefficient (Wildman–Crippen LogP) is 3.60. The van der Waals surface area contributed by atoms with Crippen molar-refractivity contribution in [1.29, 1.82) is 0 Å². The summed E-state index contributed by atoms with van der Waals surface area (Å²) in [6, 6.07) is 0. The molecule has 1 saturated carbocycles. The molecular weight excluding hydrogens is 258 g/mol. The molecule has 0 aromatic carbocycles. The fraction of sp³-hybridized carbons (Fsp3) is 0.857. The second-order valence-corrected chi connectivity index (χ2v) is 6.98. The summed E-state index contributed by atoms with van der Waals surface area (Å²) < 4.78 is 10.3. The van der Waals surface area contributed by atoms with Gasteiger partial charge in [0.2, 0.25) is 5.13 Å². The van der Waals surface area contributed by atoms with Crippen molar-refractivity contribution in [2.24, 2.45) is 0 Å². The fourth-order valence-electron chi connectivity index (χ4n) is 2.22. The summed E-state index contributed by atoms with van der Waals surface area (Å²) in [5.74, 6) is 0.910. The van der Waals surface area contributed by atoms with Gasteiger partial charge in [0.1, 0.15) is 5.82 Å². The van der Waals surface area contributed by atoms with E-state index in [9.17, 15) is 0 Å². The Hall–Kier alpha value is -0.680. The van der Waals surface area contributed by atoms with Gasteiger partial charge in [-0.25, -0.2) is 4.98 Å². The first-order chi connectivity index (χ1) is 9.05. The highest BCUT2D eigenvalue weighted by Gasteiger charge is 2.19. The third kappa shape index (κ3) is 4.73. The predicted molar refractivity (Wildman–Crippen MR) is 79.9 cm³/mol. The highest BCUT2D eigenvalue weighted by atomic mass is 32.1. The maximum Gasteiger partial charge on any atom is 0.202 e. The molecule has 0 aliphatic heterocycles. The van der Waals surface area contributed by atoms with Gasteiger partial charge in [0, 0.05) is 23.5 Å². The van der Waals surface area contributed by atoms with Gasteiger partial charge >= 0.3 is 0 Å². The molecule has 1 N–H and O–H groups in total. The van der Waals surface area contributed by atoms with Crippen molar-refractivity contribution in [3.05, 3.63) is 5.82 Å². The van der Waals surface area contributed by atoms with Crippen molar-refractivity contribution in [3.8, 4) is 0 Å². The standard InChI is InChI=1S/C14H25N3OS/c1-14(2,3)12-16-13(19-17-12)15-9-10-18-11-7-5-4-6-8-11/h11H,4-10H2,1-3H3,(H,15,16,17). The molecule has 4 nitrogen and oxygen atoms in total. The van der Waals surface area contributed by atoms with E-state index in [-0.39, 0.29) is 5.41 Å². The Morgan fingerprint density at radius 2 is 2.00 bits per heavy atom. The van der Waals surface area contributed by atoms with E-state index in [1.807, 2.05) is 0 Å². The zero-order chi connectivity index (χ0) is 13.7. The summed E-state index contributed by atoms with van der Waals surface area (Å²) in [6.07, 6.45) is 6.96. The van der Waals surface area contributed by atoms with E-state index in [0.717, 1.165) is 24.1 Å². The van der Waals surface area contributed by atoms with Crippen molar-refractivity contribution < 1.29 is 4.74 Å². The molecule has 2 rings (SSSR count). The summed E-state index contributed by atoms with van der Waals surface area (Å²) in [6.45, 7) is 7.96. The lowest BCUT2D eigenvalue weighted by Gasteiger charge is -2.21. The molecule has 1 aliphatic carbocycles. The van der Waals surface area contributed by atoms with E-state index in [1.165, 1.54) is 43.6 Å². The molecule has 108 valence electrons. The Morgan fingerprint density at radius 1 is 1.26 bits per heavy atom. The Kier molecular flexibility index (Phi) is 5.16. The van der Waals surface area contributed by atoms with Crippen LogP contribution in [0, 0.1) is 0 Å². The summed E-state index contributed by atoms with van der Waals surface area (Å²) in [5.41, 5.74) is 0.0228. The molecule has 0 radical (unpaired) electrons. The molecule has 0 spiro atoms. The van der Waals surface area contributed by atoms with E-state index in [4.69, 9.17) is 4.74 Å². The van der Waals surface area contributed by atoms with Crippen molar-refractivity contribution in [2.45, 2.75) is 64.4 Å². The third-order valence-electron chi connectivity index (χ3n) is 3.38. The van der Waals surface area contributed by atoms with Gasteiger partial charge < -0.3 is 10.1 Å². The van der Waals surface area contributed by atoms with Crippen molar-refractivity contribution in [1.82, 2.24) is 9.36 Å². The molecule has 1 aromatic heterocycles. The fourth-order valence-corrected chi connectivity index (χ4v) is 3.00. The van der Waals surface area contributed by atoms with Crippen LogP contribution in [-0.4, -0.2) is 28.6 Å². The van der Waals surface area contributed by atoms with Crippen LogP contribution >= 0.6 is 11.5 Å². The van der Waals surface area contributed by atoms with E-state index in [1.54, 1.807) is 0 Å². The van der Waals surface area contributed by atoms with Gasteiger partial charge in [0.15, 0.2) is 0 Å². The smallest absolute Gasteiger partial charge is 0.202 e. The van der Waals surface area contributed by atoms with Gasteiger partial charge in [-0.3, -0.25) is 0 Å². The maximum absolute atomic E-state index is 5.87. The number of nitrogens with one attached hydrogen (secondary N) is 1. The summed E-state index contributed by atoms with van der Waals surface area (Å²) in [4.78, 5) is 4.51. The van der Waals surface area contributed by atoms with Gasteiger partial charge in [-0.15, -0.1) is 0 Å². The van der Waals surface area contributed by atoms with Gasteiger partial charge in [-0.05, 0) is 12.8 Å². The van der Waals surface area contributed by atoms with E-state index in [2.05, 4.69) is 35.4 Å². The van der Waals surface area contributed by atoms with Gasteiger partial charge in [-0.1, -0.05) is 40.0 Å². The van der Waals surface area contributed by atoms with Crippen LogP contribution in [0.1, 0.15) is 58.7 Å².